The Morgan fingerprint density at radius 2 is 1.55 bits per heavy atom. The summed E-state index contributed by atoms with van der Waals surface area (Å²) >= 11 is 0. The fourth-order valence-electron chi connectivity index (χ4n) is 3.98. The average Bonchev–Trinajstić information content (AvgIpc) is 2.73. The number of hydrogen-bond acceptors (Lipinski definition) is 2. The van der Waals surface area contributed by atoms with Crippen LogP contribution in [0.2, 0.25) is 0 Å². The summed E-state index contributed by atoms with van der Waals surface area (Å²) in [6, 6.07) is 21.4. The molecule has 0 aliphatic heterocycles. The largest absolute Gasteiger partial charge is 0.322 e. The van der Waals surface area contributed by atoms with E-state index in [4.69, 9.17) is 0 Å². The molecule has 0 atom stereocenters. The van der Waals surface area contributed by atoms with E-state index in [1.807, 2.05) is 88.4 Å². The topological polar surface area (TPSA) is 53.2 Å². The van der Waals surface area contributed by atoms with Gasteiger partial charge in [-0.2, -0.15) is 0 Å². The van der Waals surface area contributed by atoms with Gasteiger partial charge in [-0.25, -0.2) is 0 Å². The van der Waals surface area contributed by atoms with Gasteiger partial charge in [0, 0.05) is 22.3 Å². The number of pyridine rings is 1. The molecule has 0 spiro atoms. The highest BCUT2D eigenvalue weighted by atomic mass is 16.2. The van der Waals surface area contributed by atoms with Crippen LogP contribution < -0.4 is 10.5 Å². The number of anilines is 1. The summed E-state index contributed by atoms with van der Waals surface area (Å²) in [4.78, 5) is 31.2. The monoisotopic (exact) mass is 410 g/mol. The van der Waals surface area contributed by atoms with Gasteiger partial charge >= 0.3 is 0 Å². The molecule has 31 heavy (non-hydrogen) atoms. The highest BCUT2D eigenvalue weighted by molar-refractivity contribution is 6.07. The highest BCUT2D eigenvalue weighted by Crippen LogP contribution is 2.26. The molecular formula is C27H26N2O2. The van der Waals surface area contributed by atoms with Crippen LogP contribution in [0.5, 0.6) is 0 Å². The smallest absolute Gasteiger partial charge is 0.258 e. The first kappa shape index (κ1) is 20.6. The number of rotatable bonds is 4. The van der Waals surface area contributed by atoms with Crippen LogP contribution in [0.15, 0.2) is 71.5 Å². The molecule has 0 fully saturated rings. The van der Waals surface area contributed by atoms with Gasteiger partial charge in [0.1, 0.15) is 0 Å². The van der Waals surface area contributed by atoms with Crippen LogP contribution in [0.3, 0.4) is 0 Å². The molecule has 4 heteroatoms. The zero-order valence-electron chi connectivity index (χ0n) is 18.3. The maximum absolute atomic E-state index is 13.6. The predicted molar refractivity (Wildman–Crippen MR) is 127 cm³/mol. The number of aryl methyl sites for hydroxylation is 4. The van der Waals surface area contributed by atoms with E-state index in [9.17, 15) is 9.59 Å². The third-order valence-electron chi connectivity index (χ3n) is 5.67. The van der Waals surface area contributed by atoms with Gasteiger partial charge < -0.3 is 9.88 Å². The summed E-state index contributed by atoms with van der Waals surface area (Å²) in [5.41, 5.74) is 6.74. The van der Waals surface area contributed by atoms with E-state index >= 15 is 0 Å². The van der Waals surface area contributed by atoms with Crippen LogP contribution in [-0.4, -0.2) is 10.9 Å². The summed E-state index contributed by atoms with van der Waals surface area (Å²) in [5, 5.41) is 0.948. The van der Waals surface area contributed by atoms with Crippen molar-refractivity contribution < 1.29 is 4.79 Å². The van der Waals surface area contributed by atoms with Gasteiger partial charge in [0.25, 0.3) is 11.5 Å². The Balaban J connectivity index is 1.83. The number of amides is 1. The van der Waals surface area contributed by atoms with Crippen LogP contribution >= 0.6 is 0 Å². The molecule has 4 rings (SSSR count). The second-order valence-electron chi connectivity index (χ2n) is 8.21. The number of H-pyrrole nitrogens is 1. The normalized spacial score (nSPS) is 11.0. The molecule has 1 heterocycles. The van der Waals surface area contributed by atoms with Gasteiger partial charge in [-0.15, -0.1) is 0 Å². The molecule has 0 aliphatic carbocycles. The van der Waals surface area contributed by atoms with Gasteiger partial charge in [-0.3, -0.25) is 9.59 Å². The number of fused-ring (bicyclic) bond motifs is 1. The summed E-state index contributed by atoms with van der Waals surface area (Å²) < 4.78 is 0. The van der Waals surface area contributed by atoms with Gasteiger partial charge in [-0.1, -0.05) is 48.0 Å². The van der Waals surface area contributed by atoms with Crippen molar-refractivity contribution in [3.05, 3.63) is 110 Å². The highest BCUT2D eigenvalue weighted by Gasteiger charge is 2.22. The molecular weight excluding hydrogens is 384 g/mol. The zero-order valence-corrected chi connectivity index (χ0v) is 18.3. The van der Waals surface area contributed by atoms with Crippen molar-refractivity contribution in [3.63, 3.8) is 0 Å². The third kappa shape index (κ3) is 4.15. The number of nitrogens with one attached hydrogen (secondary N) is 1. The third-order valence-corrected chi connectivity index (χ3v) is 5.67. The summed E-state index contributed by atoms with van der Waals surface area (Å²) in [5.74, 6) is -0.117. The maximum atomic E-state index is 13.6. The fourth-order valence-corrected chi connectivity index (χ4v) is 3.98. The Bertz CT molecular complexity index is 1350. The van der Waals surface area contributed by atoms with Gasteiger partial charge in [0.15, 0.2) is 0 Å². The first-order valence-electron chi connectivity index (χ1n) is 10.4. The van der Waals surface area contributed by atoms with E-state index in [1.54, 1.807) is 4.90 Å². The molecule has 1 N–H and O–H groups in total. The number of nitrogens with zero attached hydrogens (tertiary/aromatic N) is 1. The minimum Gasteiger partial charge on any atom is -0.322 e. The van der Waals surface area contributed by atoms with Crippen molar-refractivity contribution in [2.24, 2.45) is 0 Å². The Morgan fingerprint density at radius 3 is 2.29 bits per heavy atom. The number of carbonyl (C=O) groups is 1. The summed E-state index contributed by atoms with van der Waals surface area (Å²) in [6.07, 6.45) is 0. The number of benzene rings is 3. The van der Waals surface area contributed by atoms with E-state index in [2.05, 4.69) is 11.1 Å². The molecule has 0 radical (unpaired) electrons. The number of carbonyl (C=O) groups excluding carboxylic acids is 1. The first-order valence-corrected chi connectivity index (χ1v) is 10.4. The lowest BCUT2D eigenvalue weighted by Crippen LogP contribution is -2.33. The molecule has 156 valence electrons. The second-order valence-corrected chi connectivity index (χ2v) is 8.21. The van der Waals surface area contributed by atoms with Crippen molar-refractivity contribution in [1.82, 2.24) is 4.98 Å². The Morgan fingerprint density at radius 1 is 0.839 bits per heavy atom. The number of aromatic nitrogens is 1. The summed E-state index contributed by atoms with van der Waals surface area (Å²) in [6.45, 7) is 8.14. The quantitative estimate of drug-likeness (QED) is 0.475. The van der Waals surface area contributed by atoms with Crippen molar-refractivity contribution in [3.8, 4) is 0 Å². The van der Waals surface area contributed by atoms with E-state index in [1.165, 1.54) is 0 Å². The lowest BCUT2D eigenvalue weighted by atomic mass is 10.0. The molecule has 3 aromatic carbocycles. The average molecular weight is 411 g/mol. The molecule has 1 aromatic heterocycles. The minimum absolute atomic E-state index is 0.117. The lowest BCUT2D eigenvalue weighted by Gasteiger charge is -2.25. The van der Waals surface area contributed by atoms with E-state index in [-0.39, 0.29) is 18.0 Å². The van der Waals surface area contributed by atoms with E-state index < -0.39 is 0 Å². The molecule has 4 nitrogen and oxygen atoms in total. The van der Waals surface area contributed by atoms with Crippen LogP contribution in [0.25, 0.3) is 10.9 Å². The number of aromatic amines is 1. The van der Waals surface area contributed by atoms with Gasteiger partial charge in [0.05, 0.1) is 6.54 Å². The van der Waals surface area contributed by atoms with Crippen molar-refractivity contribution in [2.45, 2.75) is 34.2 Å². The molecule has 4 aromatic rings. The van der Waals surface area contributed by atoms with Crippen LogP contribution in [-0.2, 0) is 6.54 Å². The SMILES string of the molecule is Cc1ccc(N(Cc2cc3ccc(C)cc3[nH]c2=O)C(=O)c2ccccc2C)c(C)c1. The number of hydrogen-bond donors (Lipinski definition) is 1. The van der Waals surface area contributed by atoms with E-state index in [0.717, 1.165) is 38.8 Å². The van der Waals surface area contributed by atoms with Crippen molar-refractivity contribution in [1.29, 1.82) is 0 Å². The molecule has 0 aliphatic rings. The van der Waals surface area contributed by atoms with Crippen LogP contribution in [0.4, 0.5) is 5.69 Å². The lowest BCUT2D eigenvalue weighted by molar-refractivity contribution is 0.0984. The van der Waals surface area contributed by atoms with E-state index in [0.29, 0.717) is 11.1 Å². The minimum atomic E-state index is -0.176. The fraction of sp³-hybridized carbons (Fsp3) is 0.185. The van der Waals surface area contributed by atoms with Crippen molar-refractivity contribution >= 4 is 22.5 Å². The van der Waals surface area contributed by atoms with Crippen LogP contribution in [0, 0.1) is 27.7 Å². The standard InChI is InChI=1S/C27H26N2O2/c1-17-10-12-25(20(4)13-17)29(27(31)23-8-6-5-7-19(23)3)16-22-15-21-11-9-18(2)14-24(21)28-26(22)30/h5-15H,16H2,1-4H3,(H,28,30). The molecule has 0 bridgehead atoms. The Hall–Kier alpha value is -3.66. The second kappa shape index (κ2) is 8.23. The zero-order chi connectivity index (χ0) is 22.1. The molecule has 0 unspecified atom stereocenters. The molecule has 0 saturated carbocycles. The van der Waals surface area contributed by atoms with Gasteiger partial charge in [-0.05, 0) is 74.0 Å². The first-order chi connectivity index (χ1) is 14.8. The van der Waals surface area contributed by atoms with Crippen LogP contribution in [0.1, 0.15) is 38.2 Å². The predicted octanol–water partition coefficient (Wildman–Crippen LogP) is 5.61. The van der Waals surface area contributed by atoms with Crippen molar-refractivity contribution in [2.75, 3.05) is 4.90 Å². The van der Waals surface area contributed by atoms with Gasteiger partial charge in [0.2, 0.25) is 0 Å². The Labute approximate surface area is 182 Å². The maximum Gasteiger partial charge on any atom is 0.258 e. The molecule has 0 saturated heterocycles. The summed E-state index contributed by atoms with van der Waals surface area (Å²) in [7, 11) is 0. The Kier molecular flexibility index (Phi) is 5.47. The molecule has 1 amide bonds.